The van der Waals surface area contributed by atoms with Gasteiger partial charge in [-0.3, -0.25) is 0 Å². The second-order valence-electron chi connectivity index (χ2n) is 2.76. The van der Waals surface area contributed by atoms with Crippen LogP contribution in [0, 0.1) is 6.92 Å². The molecule has 0 heterocycles. The van der Waals surface area contributed by atoms with Crippen LogP contribution in [0.2, 0.25) is 0 Å². The summed E-state index contributed by atoms with van der Waals surface area (Å²) in [5, 5.41) is 0. The smallest absolute Gasteiger partial charge is 0.185 e. The monoisotopic (exact) mass is 198 g/mol. The van der Waals surface area contributed by atoms with Gasteiger partial charge in [0, 0.05) is 0 Å². The molecule has 0 aliphatic rings. The summed E-state index contributed by atoms with van der Waals surface area (Å²) in [6, 6.07) is 6.51. The van der Waals surface area contributed by atoms with Gasteiger partial charge in [-0.15, -0.1) is 0 Å². The molecule has 0 fully saturated rings. The van der Waals surface area contributed by atoms with Gasteiger partial charge in [0.15, 0.2) is 9.84 Å². The first-order chi connectivity index (χ1) is 6.06. The van der Waals surface area contributed by atoms with Crippen molar-refractivity contribution in [2.75, 3.05) is 5.75 Å². The van der Waals surface area contributed by atoms with Crippen LogP contribution in [-0.4, -0.2) is 20.5 Å². The van der Waals surface area contributed by atoms with Crippen LogP contribution < -0.4 is 0 Å². The first-order valence-corrected chi connectivity index (χ1v) is 5.44. The fourth-order valence-corrected chi connectivity index (χ4v) is 2.02. The zero-order chi connectivity index (χ0) is 9.90. The highest BCUT2D eigenvalue weighted by molar-refractivity contribution is 7.92. The molecule has 3 nitrogen and oxygen atoms in total. The molecule has 0 saturated heterocycles. The lowest BCUT2D eigenvalue weighted by atomic mass is 10.2. The molecule has 0 unspecified atom stereocenters. The minimum absolute atomic E-state index is 0.208. The molecule has 13 heavy (non-hydrogen) atoms. The average molecular weight is 198 g/mol. The molecule has 0 spiro atoms. The molecular formula is C9H10O3S. The Balaban J connectivity index is 3.15. The van der Waals surface area contributed by atoms with Crippen molar-refractivity contribution < 1.29 is 13.2 Å². The normalized spacial score (nSPS) is 11.2. The van der Waals surface area contributed by atoms with Crippen molar-refractivity contribution in [2.24, 2.45) is 0 Å². The molecule has 0 bridgehead atoms. The van der Waals surface area contributed by atoms with Crippen molar-refractivity contribution in [3.05, 3.63) is 29.8 Å². The molecular weight excluding hydrogens is 188 g/mol. The molecule has 0 aromatic heterocycles. The summed E-state index contributed by atoms with van der Waals surface area (Å²) in [5.41, 5.74) is 0.868. The summed E-state index contributed by atoms with van der Waals surface area (Å²) < 4.78 is 22.7. The lowest BCUT2D eigenvalue weighted by molar-refractivity contribution is -0.105. The highest BCUT2D eigenvalue weighted by Crippen LogP contribution is 2.11. The third-order valence-electron chi connectivity index (χ3n) is 1.64. The fraction of sp³-hybridized carbons (Fsp3) is 0.222. The molecule has 0 N–H and O–H groups in total. The van der Waals surface area contributed by atoms with Gasteiger partial charge in [-0.25, -0.2) is 8.42 Å². The van der Waals surface area contributed by atoms with E-state index in [-0.39, 0.29) is 4.90 Å². The molecule has 4 heteroatoms. The van der Waals surface area contributed by atoms with Crippen LogP contribution >= 0.6 is 0 Å². The first-order valence-electron chi connectivity index (χ1n) is 3.79. The van der Waals surface area contributed by atoms with Gasteiger partial charge in [-0.2, -0.15) is 0 Å². The molecule has 1 rings (SSSR count). The van der Waals surface area contributed by atoms with E-state index in [1.165, 1.54) is 6.07 Å². The van der Waals surface area contributed by atoms with E-state index in [1.807, 2.05) is 0 Å². The van der Waals surface area contributed by atoms with Crippen LogP contribution in [0.15, 0.2) is 29.2 Å². The van der Waals surface area contributed by atoms with Gasteiger partial charge in [0.25, 0.3) is 0 Å². The van der Waals surface area contributed by atoms with Crippen LogP contribution in [0.1, 0.15) is 5.56 Å². The van der Waals surface area contributed by atoms with E-state index in [1.54, 1.807) is 25.1 Å². The number of aryl methyl sites for hydroxylation is 1. The Hall–Kier alpha value is -1.16. The Labute approximate surface area is 77.3 Å². The number of sulfone groups is 1. The molecule has 0 aliphatic heterocycles. The van der Waals surface area contributed by atoms with Gasteiger partial charge in [0.05, 0.1) is 4.90 Å². The number of carbonyl (C=O) groups is 1. The lowest BCUT2D eigenvalue weighted by Crippen LogP contribution is -2.07. The topological polar surface area (TPSA) is 51.2 Å². The lowest BCUT2D eigenvalue weighted by Gasteiger charge is -2.00. The molecule has 0 amide bonds. The van der Waals surface area contributed by atoms with Gasteiger partial charge in [0.1, 0.15) is 12.0 Å². The quantitative estimate of drug-likeness (QED) is 0.680. The molecule has 1 aromatic carbocycles. The number of benzene rings is 1. The second-order valence-corrected chi connectivity index (χ2v) is 4.80. The zero-order valence-electron chi connectivity index (χ0n) is 7.23. The number of rotatable bonds is 3. The Bertz CT molecular complexity index is 407. The van der Waals surface area contributed by atoms with Gasteiger partial charge in [-0.1, -0.05) is 12.1 Å². The van der Waals surface area contributed by atoms with Crippen molar-refractivity contribution in [2.45, 2.75) is 11.8 Å². The summed E-state index contributed by atoms with van der Waals surface area (Å²) in [4.78, 5) is 10.3. The molecule has 70 valence electrons. The van der Waals surface area contributed by atoms with Crippen LogP contribution in [0.5, 0.6) is 0 Å². The Morgan fingerprint density at radius 2 is 2.08 bits per heavy atom. The van der Waals surface area contributed by atoms with E-state index < -0.39 is 15.6 Å². The minimum atomic E-state index is -3.40. The van der Waals surface area contributed by atoms with Crippen molar-refractivity contribution >= 4 is 16.1 Å². The number of carbonyl (C=O) groups excluding carboxylic acids is 1. The maximum Gasteiger partial charge on any atom is 0.185 e. The second kappa shape index (κ2) is 3.70. The third kappa shape index (κ3) is 2.39. The highest BCUT2D eigenvalue weighted by Gasteiger charge is 2.12. The summed E-state index contributed by atoms with van der Waals surface area (Å²) in [6.07, 6.45) is 0.400. The maximum atomic E-state index is 11.4. The Morgan fingerprint density at radius 3 is 2.62 bits per heavy atom. The predicted molar refractivity (Wildman–Crippen MR) is 49.3 cm³/mol. The maximum absolute atomic E-state index is 11.4. The largest absolute Gasteiger partial charge is 0.302 e. The van der Waals surface area contributed by atoms with Crippen molar-refractivity contribution in [3.63, 3.8) is 0 Å². The number of hydrogen-bond acceptors (Lipinski definition) is 3. The molecule has 1 aromatic rings. The van der Waals surface area contributed by atoms with E-state index in [9.17, 15) is 13.2 Å². The summed E-state index contributed by atoms with van der Waals surface area (Å²) in [6.45, 7) is 1.81. The molecule has 0 radical (unpaired) electrons. The van der Waals surface area contributed by atoms with Crippen LogP contribution in [0.3, 0.4) is 0 Å². The third-order valence-corrected chi connectivity index (χ3v) is 3.18. The molecule has 0 aliphatic carbocycles. The van der Waals surface area contributed by atoms with Crippen LogP contribution in [-0.2, 0) is 14.6 Å². The molecule has 0 saturated carbocycles. The Morgan fingerprint density at radius 1 is 1.38 bits per heavy atom. The van der Waals surface area contributed by atoms with Gasteiger partial charge >= 0.3 is 0 Å². The molecule has 0 atom stereocenters. The number of hydrogen-bond donors (Lipinski definition) is 0. The van der Waals surface area contributed by atoms with Crippen LogP contribution in [0.25, 0.3) is 0 Å². The first kappa shape index (κ1) is 9.92. The van der Waals surface area contributed by atoms with E-state index in [0.29, 0.717) is 6.29 Å². The average Bonchev–Trinajstić information content (AvgIpc) is 2.04. The van der Waals surface area contributed by atoms with E-state index >= 15 is 0 Å². The van der Waals surface area contributed by atoms with Crippen molar-refractivity contribution in [3.8, 4) is 0 Å². The predicted octanol–water partition coefficient (Wildman–Crippen LogP) is 0.968. The van der Waals surface area contributed by atoms with E-state index in [0.717, 1.165) is 5.56 Å². The van der Waals surface area contributed by atoms with Gasteiger partial charge < -0.3 is 4.79 Å². The Kier molecular flexibility index (Phi) is 2.83. The number of aldehydes is 1. The van der Waals surface area contributed by atoms with Gasteiger partial charge in [-0.05, 0) is 24.6 Å². The van der Waals surface area contributed by atoms with Crippen LogP contribution in [0.4, 0.5) is 0 Å². The highest BCUT2D eigenvalue weighted by atomic mass is 32.2. The SMILES string of the molecule is Cc1cccc(S(=O)(=O)CC=O)c1. The minimum Gasteiger partial charge on any atom is -0.302 e. The zero-order valence-corrected chi connectivity index (χ0v) is 8.04. The fourth-order valence-electron chi connectivity index (χ4n) is 0.995. The van der Waals surface area contributed by atoms with Crippen molar-refractivity contribution in [1.82, 2.24) is 0 Å². The summed E-state index contributed by atoms with van der Waals surface area (Å²) in [7, 11) is -3.40. The van der Waals surface area contributed by atoms with Gasteiger partial charge in [0.2, 0.25) is 0 Å². The standard InChI is InChI=1S/C9H10O3S/c1-8-3-2-4-9(7-8)13(11,12)6-5-10/h2-5,7H,6H2,1H3. The van der Waals surface area contributed by atoms with Crippen molar-refractivity contribution in [1.29, 1.82) is 0 Å². The summed E-state index contributed by atoms with van der Waals surface area (Å²) in [5.74, 6) is -0.448. The van der Waals surface area contributed by atoms with E-state index in [2.05, 4.69) is 0 Å². The summed E-state index contributed by atoms with van der Waals surface area (Å²) >= 11 is 0. The van der Waals surface area contributed by atoms with E-state index in [4.69, 9.17) is 0 Å².